The fourth-order valence-corrected chi connectivity index (χ4v) is 5.93. The molecule has 0 saturated carbocycles. The lowest BCUT2D eigenvalue weighted by atomic mass is 10.2. The van der Waals surface area contributed by atoms with Gasteiger partial charge >= 0.3 is 0 Å². The second-order valence-corrected chi connectivity index (χ2v) is 13.4. The smallest absolute Gasteiger partial charge is 0.238 e. The van der Waals surface area contributed by atoms with Crippen LogP contribution < -0.4 is 0 Å². The molecular weight excluding hydrogens is 778 g/mol. The van der Waals surface area contributed by atoms with Gasteiger partial charge in [0.15, 0.2) is 0 Å². The molecule has 0 aliphatic carbocycles. The number of alkyl halides is 2. The van der Waals surface area contributed by atoms with Crippen molar-refractivity contribution in [3.05, 3.63) is 144 Å². The maximum absolute atomic E-state index is 13.8. The van der Waals surface area contributed by atoms with Crippen LogP contribution in [-0.2, 0) is 45.4 Å². The Morgan fingerprint density at radius 1 is 0.500 bits per heavy atom. The van der Waals surface area contributed by atoms with E-state index < -0.39 is 0 Å². The maximum atomic E-state index is 13.8. The topological polar surface area (TPSA) is 59.1 Å². The van der Waals surface area contributed by atoms with Gasteiger partial charge in [-0.15, -0.1) is 0 Å². The summed E-state index contributed by atoms with van der Waals surface area (Å²) in [5.74, 6) is -0.0151. The second-order valence-electron chi connectivity index (χ2n) is 10.4. The first kappa shape index (κ1) is 34.1. The highest BCUT2D eigenvalue weighted by atomic mass is 127. The predicted octanol–water partition coefficient (Wildman–Crippen LogP) is 7.08. The summed E-state index contributed by atoms with van der Waals surface area (Å²) in [5, 5.41) is 0. The average molecular weight is 817 g/mol. The van der Waals surface area contributed by atoms with Crippen molar-refractivity contribution in [2.24, 2.45) is 0 Å². The Kier molecular flexibility index (Phi) is 14.6. The highest BCUT2D eigenvalue weighted by Gasteiger charge is 2.26. The van der Waals surface area contributed by atoms with Gasteiger partial charge in [0, 0.05) is 26.2 Å². The summed E-state index contributed by atoms with van der Waals surface area (Å²) in [6, 6.07) is 39.8. The number of rotatable bonds is 17. The van der Waals surface area contributed by atoms with Crippen LogP contribution in [-0.4, -0.2) is 55.8 Å². The van der Waals surface area contributed by atoms with Gasteiger partial charge in [-0.1, -0.05) is 167 Å². The third kappa shape index (κ3) is 11.6. The molecule has 4 rings (SSSR count). The van der Waals surface area contributed by atoms with Gasteiger partial charge in [0.1, 0.15) is 7.85 Å². The number of carbonyl (C=O) groups excluding carboxylic acids is 2. The summed E-state index contributed by atoms with van der Waals surface area (Å²) in [6.45, 7) is 3.24. The molecule has 0 spiro atoms. The van der Waals surface area contributed by atoms with Crippen molar-refractivity contribution in [1.29, 1.82) is 0 Å². The molecule has 44 heavy (non-hydrogen) atoms. The Morgan fingerprint density at radius 2 is 0.795 bits per heavy atom. The van der Waals surface area contributed by atoms with E-state index in [-0.39, 0.29) is 19.7 Å². The highest BCUT2D eigenvalue weighted by Crippen LogP contribution is 2.16. The van der Waals surface area contributed by atoms with E-state index in [0.29, 0.717) is 52.6 Å². The second kappa shape index (κ2) is 18.9. The molecule has 2 amide bonds. The van der Waals surface area contributed by atoms with E-state index in [2.05, 4.69) is 45.2 Å². The molecule has 2 unspecified atom stereocenters. The number of amides is 2. The minimum atomic E-state index is -0.359. The minimum Gasteiger partial charge on any atom is -0.375 e. The van der Waals surface area contributed by atoms with Crippen LogP contribution in [0, 0.1) is 0 Å². The summed E-state index contributed by atoms with van der Waals surface area (Å²) in [6.07, 6.45) is 0. The fraction of sp³-hybridized carbons (Fsp3) is 0.278. The largest absolute Gasteiger partial charge is 0.375 e. The molecule has 0 N–H and O–H groups in total. The van der Waals surface area contributed by atoms with Gasteiger partial charge < -0.3 is 19.3 Å². The van der Waals surface area contributed by atoms with Gasteiger partial charge in [-0.2, -0.15) is 0 Å². The van der Waals surface area contributed by atoms with E-state index in [0.717, 1.165) is 22.3 Å². The number of halogens is 2. The number of hydrogen-bond donors (Lipinski definition) is 0. The van der Waals surface area contributed by atoms with Gasteiger partial charge in [-0.25, -0.2) is 0 Å². The van der Waals surface area contributed by atoms with Crippen LogP contribution in [0.2, 0.25) is 0 Å². The van der Waals surface area contributed by atoms with E-state index in [4.69, 9.17) is 9.47 Å². The summed E-state index contributed by atoms with van der Waals surface area (Å²) in [4.78, 5) is 31.2. The van der Waals surface area contributed by atoms with Crippen molar-refractivity contribution < 1.29 is 19.1 Å². The Labute approximate surface area is 288 Å². The lowest BCUT2D eigenvalue weighted by Gasteiger charge is -2.30. The summed E-state index contributed by atoms with van der Waals surface area (Å²) in [7, 11) is 0. The lowest BCUT2D eigenvalue weighted by Crippen LogP contribution is -2.45. The van der Waals surface area contributed by atoms with Gasteiger partial charge in [0.25, 0.3) is 0 Å². The van der Waals surface area contributed by atoms with Crippen molar-refractivity contribution >= 4 is 57.0 Å². The molecule has 0 bridgehead atoms. The minimum absolute atomic E-state index is 0.00755. The molecule has 4 aromatic carbocycles. The van der Waals surface area contributed by atoms with Crippen molar-refractivity contribution in [1.82, 2.24) is 9.80 Å². The average Bonchev–Trinajstić information content (AvgIpc) is 3.07. The third-order valence-corrected chi connectivity index (χ3v) is 8.77. The zero-order chi connectivity index (χ0) is 31.0. The lowest BCUT2D eigenvalue weighted by molar-refractivity contribution is -0.136. The van der Waals surface area contributed by atoms with Crippen molar-refractivity contribution in [3.8, 4) is 0 Å². The summed E-state index contributed by atoms with van der Waals surface area (Å²) < 4.78 is 11.1. The standard InChI is InChI=1S/C36H38I2N2O4/c37-33(27-43-25-31-17-9-3-10-18-31)35(41)39(23-29-13-5-1-6-14-29)21-22-40(24-30-15-7-2-8-16-30)36(42)34(38)28-44-26-32-19-11-4-12-20-32/h1-20,33-34H,21-28H2. The van der Waals surface area contributed by atoms with Gasteiger partial charge in [0.05, 0.1) is 26.4 Å². The molecule has 4 aromatic rings. The molecule has 230 valence electrons. The molecular formula is C36H38I2N2O4. The molecule has 0 aliphatic heterocycles. The summed E-state index contributed by atoms with van der Waals surface area (Å²) in [5.41, 5.74) is 4.22. The molecule has 0 aromatic heterocycles. The molecule has 0 saturated heterocycles. The fourth-order valence-electron chi connectivity index (χ4n) is 4.63. The van der Waals surface area contributed by atoms with Crippen LogP contribution >= 0.6 is 45.2 Å². The first-order valence-corrected chi connectivity index (χ1v) is 17.2. The van der Waals surface area contributed by atoms with Crippen molar-refractivity contribution in [3.63, 3.8) is 0 Å². The monoisotopic (exact) mass is 816 g/mol. The normalized spacial score (nSPS) is 12.3. The van der Waals surface area contributed by atoms with Crippen LogP contribution in [0.5, 0.6) is 0 Å². The van der Waals surface area contributed by atoms with Gasteiger partial charge in [0.2, 0.25) is 11.8 Å². The first-order chi connectivity index (χ1) is 21.5. The Hall–Kier alpha value is -2.80. The van der Waals surface area contributed by atoms with E-state index in [1.807, 2.05) is 131 Å². The van der Waals surface area contributed by atoms with Crippen molar-refractivity contribution in [2.75, 3.05) is 26.3 Å². The van der Waals surface area contributed by atoms with Gasteiger partial charge in [-0.3, -0.25) is 9.59 Å². The number of nitrogens with zero attached hydrogens (tertiary/aromatic N) is 2. The Morgan fingerprint density at radius 3 is 1.11 bits per heavy atom. The number of benzene rings is 4. The predicted molar refractivity (Wildman–Crippen MR) is 192 cm³/mol. The number of carbonyl (C=O) groups is 2. The molecule has 0 fully saturated rings. The first-order valence-electron chi connectivity index (χ1n) is 14.7. The Bertz CT molecular complexity index is 1290. The number of hydrogen-bond acceptors (Lipinski definition) is 4. The van der Waals surface area contributed by atoms with Crippen LogP contribution in [0.3, 0.4) is 0 Å². The maximum Gasteiger partial charge on any atom is 0.238 e. The van der Waals surface area contributed by atoms with E-state index in [1.165, 1.54) is 0 Å². The molecule has 0 radical (unpaired) electrons. The van der Waals surface area contributed by atoms with Crippen LogP contribution in [0.1, 0.15) is 22.3 Å². The molecule has 6 nitrogen and oxygen atoms in total. The van der Waals surface area contributed by atoms with Crippen LogP contribution in [0.15, 0.2) is 121 Å². The van der Waals surface area contributed by atoms with Crippen molar-refractivity contribution in [2.45, 2.75) is 34.2 Å². The van der Waals surface area contributed by atoms with E-state index in [1.54, 1.807) is 0 Å². The summed E-state index contributed by atoms with van der Waals surface area (Å²) >= 11 is 4.35. The highest BCUT2D eigenvalue weighted by molar-refractivity contribution is 14.1. The molecule has 0 aliphatic rings. The van der Waals surface area contributed by atoms with E-state index in [9.17, 15) is 9.59 Å². The molecule has 0 heterocycles. The number of ether oxygens (including phenoxy) is 2. The van der Waals surface area contributed by atoms with Gasteiger partial charge in [-0.05, 0) is 22.3 Å². The third-order valence-electron chi connectivity index (χ3n) is 6.98. The quantitative estimate of drug-likeness (QED) is 0.0845. The Balaban J connectivity index is 1.42. The van der Waals surface area contributed by atoms with E-state index >= 15 is 0 Å². The zero-order valence-corrected chi connectivity index (χ0v) is 29.0. The molecule has 2 atom stereocenters. The van der Waals surface area contributed by atoms with Crippen LogP contribution in [0.4, 0.5) is 0 Å². The SMILES string of the molecule is O=C(C(I)COCc1ccccc1)N(CCN(Cc1ccccc1)C(=O)C(I)COCc1ccccc1)Cc1ccccc1. The van der Waals surface area contributed by atoms with Crippen LogP contribution in [0.25, 0.3) is 0 Å². The zero-order valence-electron chi connectivity index (χ0n) is 24.6. The molecule has 8 heteroatoms.